The van der Waals surface area contributed by atoms with Crippen LogP contribution >= 0.6 is 23.5 Å². The average Bonchev–Trinajstić information content (AvgIpc) is 2.36. The molecule has 2 N–H and O–H groups in total. The molecule has 1 unspecified atom stereocenters. The summed E-state index contributed by atoms with van der Waals surface area (Å²) in [7, 11) is 0. The molecule has 0 aromatic heterocycles. The molecule has 0 saturated heterocycles. The molecule has 0 spiro atoms. The van der Waals surface area contributed by atoms with Crippen molar-refractivity contribution in [3.63, 3.8) is 0 Å². The average molecular weight is 285 g/mol. The van der Waals surface area contributed by atoms with Gasteiger partial charge in [0.2, 0.25) is 0 Å². The SMILES string of the molecule is CSCC(C)(O)CNC(=O)c1ccccc1SC. The van der Waals surface area contributed by atoms with E-state index in [2.05, 4.69) is 5.32 Å². The maximum atomic E-state index is 12.0. The van der Waals surface area contributed by atoms with E-state index >= 15 is 0 Å². The highest BCUT2D eigenvalue weighted by Gasteiger charge is 2.21. The first kappa shape index (κ1) is 15.4. The lowest BCUT2D eigenvalue weighted by molar-refractivity contribution is 0.0723. The highest BCUT2D eigenvalue weighted by molar-refractivity contribution is 7.98. The summed E-state index contributed by atoms with van der Waals surface area (Å²) in [6, 6.07) is 7.46. The Labute approximate surface area is 117 Å². The standard InChI is InChI=1S/C13H19NO2S2/c1-13(16,9-17-2)8-14-12(15)10-6-4-5-7-11(10)18-3/h4-7,16H,8-9H2,1-3H3,(H,14,15). The lowest BCUT2D eigenvalue weighted by Gasteiger charge is -2.22. The number of hydrogen-bond acceptors (Lipinski definition) is 4. The first-order valence-corrected chi connectivity index (χ1v) is 8.24. The van der Waals surface area contributed by atoms with Gasteiger partial charge in [0.05, 0.1) is 11.2 Å². The topological polar surface area (TPSA) is 49.3 Å². The predicted octanol–water partition coefficient (Wildman–Crippen LogP) is 2.25. The second-order valence-corrected chi connectivity index (χ2v) is 6.03. The maximum absolute atomic E-state index is 12.0. The highest BCUT2D eigenvalue weighted by atomic mass is 32.2. The number of benzene rings is 1. The monoisotopic (exact) mass is 285 g/mol. The van der Waals surface area contributed by atoms with Gasteiger partial charge in [-0.1, -0.05) is 12.1 Å². The van der Waals surface area contributed by atoms with Gasteiger partial charge >= 0.3 is 0 Å². The van der Waals surface area contributed by atoms with E-state index < -0.39 is 5.60 Å². The lowest BCUT2D eigenvalue weighted by Crippen LogP contribution is -2.42. The van der Waals surface area contributed by atoms with Crippen LogP contribution in [-0.4, -0.2) is 41.4 Å². The molecular formula is C13H19NO2S2. The van der Waals surface area contributed by atoms with Crippen LogP contribution in [0.3, 0.4) is 0 Å². The van der Waals surface area contributed by atoms with Crippen molar-refractivity contribution in [2.75, 3.05) is 24.8 Å². The fourth-order valence-corrected chi connectivity index (χ4v) is 2.88. The summed E-state index contributed by atoms with van der Waals surface area (Å²) >= 11 is 3.10. The number of rotatable bonds is 6. The van der Waals surface area contributed by atoms with E-state index in [0.29, 0.717) is 11.3 Å². The van der Waals surface area contributed by atoms with Gasteiger partial charge in [-0.2, -0.15) is 11.8 Å². The summed E-state index contributed by atoms with van der Waals surface area (Å²) in [4.78, 5) is 13.0. The zero-order valence-corrected chi connectivity index (χ0v) is 12.5. The van der Waals surface area contributed by atoms with E-state index in [4.69, 9.17) is 0 Å². The van der Waals surface area contributed by atoms with E-state index in [1.807, 2.05) is 30.7 Å². The van der Waals surface area contributed by atoms with Crippen molar-refractivity contribution in [2.24, 2.45) is 0 Å². The highest BCUT2D eigenvalue weighted by Crippen LogP contribution is 2.19. The van der Waals surface area contributed by atoms with Crippen molar-refractivity contribution in [1.82, 2.24) is 5.32 Å². The van der Waals surface area contributed by atoms with Crippen molar-refractivity contribution in [2.45, 2.75) is 17.4 Å². The number of hydrogen-bond donors (Lipinski definition) is 2. The van der Waals surface area contributed by atoms with Crippen molar-refractivity contribution in [3.05, 3.63) is 29.8 Å². The third-order valence-corrected chi connectivity index (χ3v) is 4.14. The Morgan fingerprint density at radius 3 is 2.67 bits per heavy atom. The van der Waals surface area contributed by atoms with Crippen molar-refractivity contribution in [3.8, 4) is 0 Å². The van der Waals surface area contributed by atoms with Gasteiger partial charge in [0, 0.05) is 17.2 Å². The molecule has 18 heavy (non-hydrogen) atoms. The van der Waals surface area contributed by atoms with Gasteiger partial charge in [-0.3, -0.25) is 4.79 Å². The van der Waals surface area contributed by atoms with E-state index in [9.17, 15) is 9.90 Å². The summed E-state index contributed by atoms with van der Waals surface area (Å²) in [5.41, 5.74) is -0.214. The summed E-state index contributed by atoms with van der Waals surface area (Å²) in [5, 5.41) is 12.8. The molecule has 0 radical (unpaired) electrons. The van der Waals surface area contributed by atoms with Crippen LogP contribution in [0.1, 0.15) is 17.3 Å². The Morgan fingerprint density at radius 1 is 1.39 bits per heavy atom. The summed E-state index contributed by atoms with van der Waals surface area (Å²) in [5.74, 6) is 0.457. The van der Waals surface area contributed by atoms with Gasteiger partial charge in [-0.15, -0.1) is 11.8 Å². The largest absolute Gasteiger partial charge is 0.387 e. The molecule has 0 aliphatic carbocycles. The lowest BCUT2D eigenvalue weighted by atomic mass is 10.1. The quantitative estimate of drug-likeness (QED) is 0.787. The van der Waals surface area contributed by atoms with E-state index in [1.165, 1.54) is 11.8 Å². The van der Waals surface area contributed by atoms with Crippen LogP contribution in [0.2, 0.25) is 0 Å². The van der Waals surface area contributed by atoms with Crippen LogP contribution in [0, 0.1) is 0 Å². The minimum atomic E-state index is -0.872. The van der Waals surface area contributed by atoms with E-state index in [-0.39, 0.29) is 12.5 Å². The third-order valence-electron chi connectivity index (χ3n) is 2.44. The van der Waals surface area contributed by atoms with Crippen LogP contribution in [-0.2, 0) is 0 Å². The van der Waals surface area contributed by atoms with Crippen molar-refractivity contribution < 1.29 is 9.90 Å². The summed E-state index contributed by atoms with van der Waals surface area (Å²) in [6.45, 7) is 1.99. The first-order valence-electron chi connectivity index (χ1n) is 5.63. The van der Waals surface area contributed by atoms with Crippen LogP contribution in [0.5, 0.6) is 0 Å². The molecule has 0 saturated carbocycles. The molecule has 0 aliphatic heterocycles. The van der Waals surface area contributed by atoms with E-state index in [1.54, 1.807) is 24.8 Å². The number of aliphatic hydroxyl groups is 1. The van der Waals surface area contributed by atoms with Gasteiger partial charge in [0.15, 0.2) is 0 Å². The Kier molecular flexibility index (Phi) is 6.05. The fraction of sp³-hybridized carbons (Fsp3) is 0.462. The minimum absolute atomic E-state index is 0.138. The molecule has 0 bridgehead atoms. The number of amides is 1. The number of nitrogens with one attached hydrogen (secondary N) is 1. The number of carbonyl (C=O) groups excluding carboxylic acids is 1. The van der Waals surface area contributed by atoms with E-state index in [0.717, 1.165) is 4.90 Å². The smallest absolute Gasteiger partial charge is 0.252 e. The van der Waals surface area contributed by atoms with Crippen molar-refractivity contribution in [1.29, 1.82) is 0 Å². The van der Waals surface area contributed by atoms with Gasteiger partial charge in [0.25, 0.3) is 5.91 Å². The molecule has 1 aromatic rings. The number of thioether (sulfide) groups is 2. The van der Waals surface area contributed by atoms with Crippen LogP contribution < -0.4 is 5.32 Å². The van der Waals surface area contributed by atoms with Crippen LogP contribution in [0.25, 0.3) is 0 Å². The summed E-state index contributed by atoms with van der Waals surface area (Å²) < 4.78 is 0. The normalized spacial score (nSPS) is 14.0. The molecule has 5 heteroatoms. The van der Waals surface area contributed by atoms with Gasteiger partial charge in [-0.25, -0.2) is 0 Å². The zero-order valence-electron chi connectivity index (χ0n) is 10.9. The Hall–Kier alpha value is -0.650. The predicted molar refractivity (Wildman–Crippen MR) is 79.6 cm³/mol. The van der Waals surface area contributed by atoms with Crippen LogP contribution in [0.4, 0.5) is 0 Å². The molecule has 0 fully saturated rings. The minimum Gasteiger partial charge on any atom is -0.387 e. The molecule has 1 rings (SSSR count). The molecule has 1 atom stereocenters. The molecule has 1 aromatic carbocycles. The fourth-order valence-electron chi connectivity index (χ4n) is 1.56. The molecular weight excluding hydrogens is 266 g/mol. The molecule has 1 amide bonds. The van der Waals surface area contributed by atoms with Crippen molar-refractivity contribution >= 4 is 29.4 Å². The molecule has 3 nitrogen and oxygen atoms in total. The molecule has 100 valence electrons. The number of carbonyl (C=O) groups is 1. The summed E-state index contributed by atoms with van der Waals surface area (Å²) in [6.07, 6.45) is 3.87. The van der Waals surface area contributed by atoms with Gasteiger partial charge < -0.3 is 10.4 Å². The maximum Gasteiger partial charge on any atom is 0.252 e. The molecule has 0 heterocycles. The zero-order chi connectivity index (χ0) is 13.6. The third kappa shape index (κ3) is 4.55. The Morgan fingerprint density at radius 2 is 2.06 bits per heavy atom. The molecule has 0 aliphatic rings. The first-order chi connectivity index (χ1) is 8.50. The Balaban J connectivity index is 2.66. The van der Waals surface area contributed by atoms with Gasteiger partial charge in [0.1, 0.15) is 0 Å². The second-order valence-electron chi connectivity index (χ2n) is 4.31. The van der Waals surface area contributed by atoms with Crippen LogP contribution in [0.15, 0.2) is 29.2 Å². The van der Waals surface area contributed by atoms with Gasteiger partial charge in [-0.05, 0) is 31.6 Å². The Bertz CT molecular complexity index is 408. The second kappa shape index (κ2) is 7.07.